The first-order valence-corrected chi connectivity index (χ1v) is 5.63. The van der Waals surface area contributed by atoms with Crippen molar-refractivity contribution >= 4 is 11.9 Å². The Morgan fingerprint density at radius 1 is 1.25 bits per heavy atom. The van der Waals surface area contributed by atoms with Crippen LogP contribution in [0.1, 0.15) is 19.3 Å². The molecular weight excluding hydrogens is 210 g/mol. The van der Waals surface area contributed by atoms with Gasteiger partial charge in [-0.25, -0.2) is 0 Å². The van der Waals surface area contributed by atoms with Gasteiger partial charge in [-0.3, -0.25) is 9.59 Å². The van der Waals surface area contributed by atoms with Gasteiger partial charge in [0.25, 0.3) is 0 Å². The second-order valence-corrected chi connectivity index (χ2v) is 5.02. The van der Waals surface area contributed by atoms with Crippen molar-refractivity contribution in [2.75, 3.05) is 20.1 Å². The molecule has 1 heterocycles. The van der Waals surface area contributed by atoms with Gasteiger partial charge in [0.05, 0.1) is 11.3 Å². The lowest BCUT2D eigenvalue weighted by atomic mass is 9.80. The zero-order valence-electron chi connectivity index (χ0n) is 9.35. The Balaban J connectivity index is 2.11. The van der Waals surface area contributed by atoms with Crippen LogP contribution < -0.4 is 0 Å². The number of hydrogen-bond acceptors (Lipinski definition) is 3. The molecule has 0 radical (unpaired) electrons. The maximum Gasteiger partial charge on any atom is 0.310 e. The van der Waals surface area contributed by atoms with Crippen LogP contribution in [0, 0.1) is 17.3 Å². The fraction of sp³-hybridized carbons (Fsp3) is 0.818. The summed E-state index contributed by atoms with van der Waals surface area (Å²) in [5.41, 5.74) is -0.965. The number of likely N-dealkylation sites (tertiary alicyclic amines) is 1. The average Bonchev–Trinajstić information content (AvgIpc) is 2.95. The molecule has 1 aliphatic heterocycles. The molecule has 5 nitrogen and oxygen atoms in total. The molecule has 5 heteroatoms. The third-order valence-electron chi connectivity index (χ3n) is 4.15. The van der Waals surface area contributed by atoms with Crippen LogP contribution in [0.2, 0.25) is 0 Å². The van der Waals surface area contributed by atoms with E-state index in [1.54, 1.807) is 0 Å². The van der Waals surface area contributed by atoms with E-state index >= 15 is 0 Å². The van der Waals surface area contributed by atoms with Crippen molar-refractivity contribution in [3.63, 3.8) is 0 Å². The van der Waals surface area contributed by atoms with E-state index in [0.29, 0.717) is 6.42 Å². The highest BCUT2D eigenvalue weighted by molar-refractivity contribution is 5.89. The van der Waals surface area contributed by atoms with Crippen molar-refractivity contribution in [2.24, 2.45) is 17.3 Å². The lowest BCUT2D eigenvalue weighted by molar-refractivity contribution is -0.152. The van der Waals surface area contributed by atoms with Crippen LogP contribution in [0.3, 0.4) is 0 Å². The molecular formula is C11H17NO4. The maximum absolute atomic E-state index is 11.3. The van der Waals surface area contributed by atoms with Gasteiger partial charge in [-0.1, -0.05) is 0 Å². The summed E-state index contributed by atoms with van der Waals surface area (Å²) in [6, 6.07) is 0. The summed E-state index contributed by atoms with van der Waals surface area (Å²) < 4.78 is 0. The van der Waals surface area contributed by atoms with Gasteiger partial charge in [-0.05, 0) is 45.3 Å². The van der Waals surface area contributed by atoms with Crippen LogP contribution >= 0.6 is 0 Å². The number of rotatable bonds is 3. The molecule has 1 aliphatic carbocycles. The number of carbonyl (C=O) groups is 2. The minimum atomic E-state index is -0.965. The van der Waals surface area contributed by atoms with Crippen LogP contribution in [0.15, 0.2) is 0 Å². The smallest absolute Gasteiger partial charge is 0.310 e. The van der Waals surface area contributed by atoms with Crippen LogP contribution in [0.5, 0.6) is 0 Å². The van der Waals surface area contributed by atoms with Crippen LogP contribution in [-0.2, 0) is 9.59 Å². The SMILES string of the molecule is CN1CCC(C2(C(=O)O)CC2C(=O)O)CC1. The largest absolute Gasteiger partial charge is 0.481 e. The van der Waals surface area contributed by atoms with Gasteiger partial charge in [0.2, 0.25) is 0 Å². The Morgan fingerprint density at radius 2 is 1.81 bits per heavy atom. The van der Waals surface area contributed by atoms with Crippen molar-refractivity contribution in [1.82, 2.24) is 4.90 Å². The number of aliphatic carboxylic acids is 2. The van der Waals surface area contributed by atoms with E-state index < -0.39 is 23.3 Å². The van der Waals surface area contributed by atoms with E-state index in [-0.39, 0.29) is 5.92 Å². The molecule has 16 heavy (non-hydrogen) atoms. The Bertz CT molecular complexity index is 322. The number of hydrogen-bond donors (Lipinski definition) is 2. The number of carboxylic acid groups (broad SMARTS) is 2. The topological polar surface area (TPSA) is 77.8 Å². The van der Waals surface area contributed by atoms with E-state index in [4.69, 9.17) is 5.11 Å². The Hall–Kier alpha value is -1.10. The zero-order chi connectivity index (χ0) is 11.9. The molecule has 2 aliphatic rings. The molecule has 0 amide bonds. The van der Waals surface area contributed by atoms with E-state index in [1.807, 2.05) is 7.05 Å². The molecule has 2 fully saturated rings. The summed E-state index contributed by atoms with van der Waals surface area (Å²) in [4.78, 5) is 24.4. The number of piperidine rings is 1. The first-order chi connectivity index (χ1) is 7.48. The molecule has 0 aromatic carbocycles. The highest BCUT2D eigenvalue weighted by atomic mass is 16.4. The summed E-state index contributed by atoms with van der Waals surface area (Å²) >= 11 is 0. The standard InChI is InChI=1S/C11H17NO4/c1-12-4-2-7(3-5-12)11(10(15)16)6-8(11)9(13)14/h7-8H,2-6H2,1H3,(H,13,14)(H,15,16). The Morgan fingerprint density at radius 3 is 2.19 bits per heavy atom. The third-order valence-corrected chi connectivity index (χ3v) is 4.15. The fourth-order valence-electron chi connectivity index (χ4n) is 2.97. The summed E-state index contributed by atoms with van der Waals surface area (Å²) in [7, 11) is 2.01. The molecule has 0 spiro atoms. The van der Waals surface area contributed by atoms with Gasteiger partial charge in [-0.15, -0.1) is 0 Å². The number of carboxylic acids is 2. The molecule has 0 aromatic heterocycles. The van der Waals surface area contributed by atoms with Crippen molar-refractivity contribution in [2.45, 2.75) is 19.3 Å². The first-order valence-electron chi connectivity index (χ1n) is 5.63. The minimum Gasteiger partial charge on any atom is -0.481 e. The van der Waals surface area contributed by atoms with Crippen LogP contribution in [0.25, 0.3) is 0 Å². The molecule has 2 rings (SSSR count). The monoisotopic (exact) mass is 227 g/mol. The summed E-state index contributed by atoms with van der Waals surface area (Å²) in [5, 5.41) is 18.2. The summed E-state index contributed by atoms with van der Waals surface area (Å²) in [6.07, 6.45) is 1.91. The second kappa shape index (κ2) is 3.73. The minimum absolute atomic E-state index is 0.0299. The van der Waals surface area contributed by atoms with E-state index in [1.165, 1.54) is 0 Å². The third kappa shape index (κ3) is 1.59. The maximum atomic E-state index is 11.3. The second-order valence-electron chi connectivity index (χ2n) is 5.02. The van der Waals surface area contributed by atoms with Gasteiger partial charge < -0.3 is 15.1 Å². The molecule has 2 N–H and O–H groups in total. The molecule has 2 atom stereocenters. The highest BCUT2D eigenvalue weighted by Gasteiger charge is 2.67. The zero-order valence-corrected chi connectivity index (χ0v) is 9.35. The summed E-state index contributed by atoms with van der Waals surface area (Å²) in [5.74, 6) is -2.52. The van der Waals surface area contributed by atoms with Crippen LogP contribution in [-0.4, -0.2) is 47.2 Å². The molecule has 0 aromatic rings. The average molecular weight is 227 g/mol. The van der Waals surface area contributed by atoms with Gasteiger partial charge in [0.1, 0.15) is 0 Å². The lowest BCUT2D eigenvalue weighted by Gasteiger charge is -2.33. The molecule has 1 saturated heterocycles. The predicted octanol–water partition coefficient (Wildman–Crippen LogP) is 0.504. The molecule has 2 unspecified atom stereocenters. The van der Waals surface area contributed by atoms with E-state index in [2.05, 4.69) is 4.90 Å². The molecule has 90 valence electrons. The Labute approximate surface area is 94.0 Å². The van der Waals surface area contributed by atoms with Crippen molar-refractivity contribution in [1.29, 1.82) is 0 Å². The van der Waals surface area contributed by atoms with Crippen molar-refractivity contribution in [3.05, 3.63) is 0 Å². The van der Waals surface area contributed by atoms with Crippen LogP contribution in [0.4, 0.5) is 0 Å². The summed E-state index contributed by atoms with van der Waals surface area (Å²) in [6.45, 7) is 1.73. The van der Waals surface area contributed by atoms with Gasteiger partial charge in [0, 0.05) is 0 Å². The normalized spacial score (nSPS) is 35.9. The first kappa shape index (κ1) is 11.4. The van der Waals surface area contributed by atoms with Gasteiger partial charge in [0.15, 0.2) is 0 Å². The predicted molar refractivity (Wildman–Crippen MR) is 56.0 cm³/mol. The van der Waals surface area contributed by atoms with E-state index in [0.717, 1.165) is 25.9 Å². The molecule has 0 bridgehead atoms. The van der Waals surface area contributed by atoms with Gasteiger partial charge >= 0.3 is 11.9 Å². The van der Waals surface area contributed by atoms with Gasteiger partial charge in [-0.2, -0.15) is 0 Å². The lowest BCUT2D eigenvalue weighted by Crippen LogP contribution is -2.38. The molecule has 1 saturated carbocycles. The van der Waals surface area contributed by atoms with Crippen molar-refractivity contribution in [3.8, 4) is 0 Å². The van der Waals surface area contributed by atoms with E-state index in [9.17, 15) is 14.7 Å². The number of nitrogens with zero attached hydrogens (tertiary/aromatic N) is 1. The highest BCUT2D eigenvalue weighted by Crippen LogP contribution is 2.60. The fourth-order valence-corrected chi connectivity index (χ4v) is 2.97. The quantitative estimate of drug-likeness (QED) is 0.734. The Kier molecular flexibility index (Phi) is 2.66. The van der Waals surface area contributed by atoms with Crippen molar-refractivity contribution < 1.29 is 19.8 Å².